The van der Waals surface area contributed by atoms with E-state index in [1.54, 1.807) is 6.07 Å². The molecule has 0 amide bonds. The first-order valence-corrected chi connectivity index (χ1v) is 6.08. The molecule has 4 heteroatoms. The fourth-order valence-electron chi connectivity index (χ4n) is 2.43. The van der Waals surface area contributed by atoms with Crippen molar-refractivity contribution in [3.8, 4) is 11.5 Å². The molecule has 0 aliphatic carbocycles. The van der Waals surface area contributed by atoms with Gasteiger partial charge in [0.1, 0.15) is 18.9 Å². The highest BCUT2D eigenvalue weighted by Gasteiger charge is 2.34. The Kier molecular flexibility index (Phi) is 2.67. The summed E-state index contributed by atoms with van der Waals surface area (Å²) in [6.45, 7) is 2.56. The summed E-state index contributed by atoms with van der Waals surface area (Å²) >= 11 is 0. The van der Waals surface area contributed by atoms with Crippen LogP contribution in [0, 0.1) is 0 Å². The van der Waals surface area contributed by atoms with Crippen LogP contribution in [0.5, 0.6) is 11.5 Å². The topological polar surface area (TPSA) is 30.5 Å². The monoisotopic (exact) mass is 237 g/mol. The summed E-state index contributed by atoms with van der Waals surface area (Å²) in [4.78, 5) is 0. The normalized spacial score (nSPS) is 22.2. The SMILES string of the molecule is FC1(c2ccc3c(c2)OCCO3)CCNCC1. The molecule has 3 nitrogen and oxygen atoms in total. The zero-order chi connectivity index (χ0) is 11.7. The molecule has 0 spiro atoms. The largest absolute Gasteiger partial charge is 0.486 e. The number of nitrogens with one attached hydrogen (secondary N) is 1. The quantitative estimate of drug-likeness (QED) is 0.810. The molecule has 1 aromatic carbocycles. The predicted octanol–water partition coefficient (Wildman–Crippen LogP) is 2.01. The summed E-state index contributed by atoms with van der Waals surface area (Å²) in [5.41, 5.74) is -0.510. The van der Waals surface area contributed by atoms with E-state index in [0.29, 0.717) is 37.4 Å². The Hall–Kier alpha value is -1.29. The van der Waals surface area contributed by atoms with Crippen LogP contribution in [0.3, 0.4) is 0 Å². The van der Waals surface area contributed by atoms with Crippen LogP contribution in [0.25, 0.3) is 0 Å². The molecule has 0 bridgehead atoms. The Morgan fingerprint density at radius 3 is 2.53 bits per heavy atom. The van der Waals surface area contributed by atoms with Gasteiger partial charge in [0.2, 0.25) is 0 Å². The molecule has 92 valence electrons. The molecule has 1 saturated heterocycles. The third-order valence-electron chi connectivity index (χ3n) is 3.46. The fourth-order valence-corrected chi connectivity index (χ4v) is 2.43. The van der Waals surface area contributed by atoms with Crippen LogP contribution in [0.2, 0.25) is 0 Å². The maximum absolute atomic E-state index is 14.7. The number of rotatable bonds is 1. The minimum Gasteiger partial charge on any atom is -0.486 e. The molecule has 0 unspecified atom stereocenters. The van der Waals surface area contributed by atoms with Crippen molar-refractivity contribution in [3.63, 3.8) is 0 Å². The third kappa shape index (κ3) is 1.97. The van der Waals surface area contributed by atoms with Gasteiger partial charge in [0, 0.05) is 0 Å². The number of ether oxygens (including phenoxy) is 2. The minimum atomic E-state index is -1.22. The van der Waals surface area contributed by atoms with Gasteiger partial charge in [0.15, 0.2) is 11.5 Å². The number of fused-ring (bicyclic) bond motifs is 1. The Balaban J connectivity index is 1.92. The standard InChI is InChI=1S/C13H16FNO2/c14-13(3-5-15-6-4-13)10-1-2-11-12(9-10)17-8-7-16-11/h1-2,9,15H,3-8H2. The van der Waals surface area contributed by atoms with E-state index in [4.69, 9.17) is 9.47 Å². The zero-order valence-electron chi connectivity index (χ0n) is 9.67. The molecular formula is C13H16FNO2. The maximum atomic E-state index is 14.7. The first-order valence-electron chi connectivity index (χ1n) is 6.08. The molecular weight excluding hydrogens is 221 g/mol. The van der Waals surface area contributed by atoms with Gasteiger partial charge < -0.3 is 14.8 Å². The Labute approximate surface area is 99.9 Å². The van der Waals surface area contributed by atoms with Crippen LogP contribution in [-0.4, -0.2) is 26.3 Å². The molecule has 2 aliphatic rings. The van der Waals surface area contributed by atoms with Crippen molar-refractivity contribution in [2.75, 3.05) is 26.3 Å². The molecule has 2 heterocycles. The summed E-state index contributed by atoms with van der Waals surface area (Å²) in [5, 5.41) is 3.18. The highest BCUT2D eigenvalue weighted by Crippen LogP contribution is 2.40. The van der Waals surface area contributed by atoms with Gasteiger partial charge in [-0.15, -0.1) is 0 Å². The minimum absolute atomic E-state index is 0.520. The summed E-state index contributed by atoms with van der Waals surface area (Å²) in [6.07, 6.45) is 1.04. The number of alkyl halides is 1. The van der Waals surface area contributed by atoms with E-state index in [1.807, 2.05) is 12.1 Å². The lowest BCUT2D eigenvalue weighted by atomic mass is 9.87. The maximum Gasteiger partial charge on any atom is 0.161 e. The van der Waals surface area contributed by atoms with Gasteiger partial charge >= 0.3 is 0 Å². The summed E-state index contributed by atoms with van der Waals surface area (Å²) in [7, 11) is 0. The second-order valence-electron chi connectivity index (χ2n) is 4.57. The van der Waals surface area contributed by atoms with Crippen molar-refractivity contribution in [1.29, 1.82) is 0 Å². The highest BCUT2D eigenvalue weighted by molar-refractivity contribution is 5.45. The van der Waals surface area contributed by atoms with Crippen molar-refractivity contribution in [3.05, 3.63) is 23.8 Å². The fraction of sp³-hybridized carbons (Fsp3) is 0.538. The van der Waals surface area contributed by atoms with Crippen molar-refractivity contribution in [2.45, 2.75) is 18.5 Å². The van der Waals surface area contributed by atoms with Gasteiger partial charge in [0.25, 0.3) is 0 Å². The first-order chi connectivity index (χ1) is 8.28. The van der Waals surface area contributed by atoms with Gasteiger partial charge in [-0.3, -0.25) is 0 Å². The van der Waals surface area contributed by atoms with Gasteiger partial charge in [0.05, 0.1) is 0 Å². The molecule has 3 rings (SSSR count). The Morgan fingerprint density at radius 2 is 1.76 bits per heavy atom. The smallest absolute Gasteiger partial charge is 0.161 e. The summed E-state index contributed by atoms with van der Waals surface area (Å²) in [5.74, 6) is 1.39. The van der Waals surface area contributed by atoms with Crippen molar-refractivity contribution in [1.82, 2.24) is 5.32 Å². The van der Waals surface area contributed by atoms with E-state index in [1.165, 1.54) is 0 Å². The van der Waals surface area contributed by atoms with Gasteiger partial charge in [-0.25, -0.2) is 4.39 Å². The third-order valence-corrected chi connectivity index (χ3v) is 3.46. The van der Waals surface area contributed by atoms with Crippen molar-refractivity contribution >= 4 is 0 Å². The van der Waals surface area contributed by atoms with Crippen LogP contribution in [-0.2, 0) is 5.67 Å². The van der Waals surface area contributed by atoms with Gasteiger partial charge in [-0.2, -0.15) is 0 Å². The summed E-state index contributed by atoms with van der Waals surface area (Å²) in [6, 6.07) is 5.42. The van der Waals surface area contributed by atoms with E-state index in [-0.39, 0.29) is 0 Å². The van der Waals surface area contributed by atoms with Gasteiger partial charge in [-0.1, -0.05) is 6.07 Å². The molecule has 0 saturated carbocycles. The van der Waals surface area contributed by atoms with E-state index in [9.17, 15) is 4.39 Å². The zero-order valence-corrected chi connectivity index (χ0v) is 9.67. The average Bonchev–Trinajstić information content (AvgIpc) is 2.39. The number of hydrogen-bond donors (Lipinski definition) is 1. The molecule has 0 atom stereocenters. The number of hydrogen-bond acceptors (Lipinski definition) is 3. The predicted molar refractivity (Wildman–Crippen MR) is 62.3 cm³/mol. The number of benzene rings is 1. The lowest BCUT2D eigenvalue weighted by Gasteiger charge is -2.31. The molecule has 2 aliphatic heterocycles. The van der Waals surface area contributed by atoms with Crippen LogP contribution in [0.15, 0.2) is 18.2 Å². The number of piperidine rings is 1. The second-order valence-corrected chi connectivity index (χ2v) is 4.57. The molecule has 0 radical (unpaired) electrons. The van der Waals surface area contributed by atoms with Crippen LogP contribution < -0.4 is 14.8 Å². The summed E-state index contributed by atoms with van der Waals surface area (Å²) < 4.78 is 25.7. The van der Waals surface area contributed by atoms with Crippen LogP contribution in [0.4, 0.5) is 4.39 Å². The molecule has 0 aromatic heterocycles. The first kappa shape index (κ1) is 10.8. The van der Waals surface area contributed by atoms with E-state index in [2.05, 4.69) is 5.32 Å². The molecule has 17 heavy (non-hydrogen) atoms. The number of halogens is 1. The molecule has 1 fully saturated rings. The van der Waals surface area contributed by atoms with E-state index in [0.717, 1.165) is 18.8 Å². The second kappa shape index (κ2) is 4.18. The van der Waals surface area contributed by atoms with Crippen LogP contribution >= 0.6 is 0 Å². The molecule has 1 aromatic rings. The Bertz CT molecular complexity index is 416. The average molecular weight is 237 g/mol. The van der Waals surface area contributed by atoms with Gasteiger partial charge in [-0.05, 0) is 43.6 Å². The lowest BCUT2D eigenvalue weighted by Crippen LogP contribution is -2.36. The van der Waals surface area contributed by atoms with Crippen molar-refractivity contribution < 1.29 is 13.9 Å². The van der Waals surface area contributed by atoms with E-state index < -0.39 is 5.67 Å². The van der Waals surface area contributed by atoms with Crippen molar-refractivity contribution in [2.24, 2.45) is 0 Å². The Morgan fingerprint density at radius 1 is 1.06 bits per heavy atom. The lowest BCUT2D eigenvalue weighted by molar-refractivity contribution is 0.113. The van der Waals surface area contributed by atoms with E-state index >= 15 is 0 Å². The highest BCUT2D eigenvalue weighted by atomic mass is 19.1. The van der Waals surface area contributed by atoms with Crippen LogP contribution in [0.1, 0.15) is 18.4 Å². The molecule has 1 N–H and O–H groups in total.